The molecule has 4 N–H and O–H groups in total. The molecule has 1 aliphatic heterocycles. The molecule has 1 heterocycles. The van der Waals surface area contributed by atoms with Gasteiger partial charge in [-0.2, -0.15) is 0 Å². The molecule has 1 aromatic rings. The summed E-state index contributed by atoms with van der Waals surface area (Å²) in [5.41, 5.74) is 6.38. The smallest absolute Gasteiger partial charge is 0.253 e. The first-order valence-corrected chi connectivity index (χ1v) is 11.8. The lowest BCUT2D eigenvalue weighted by Gasteiger charge is -2.21. The summed E-state index contributed by atoms with van der Waals surface area (Å²) in [5, 5.41) is 5.52. The number of nitrogens with one attached hydrogen (secondary N) is 2. The van der Waals surface area contributed by atoms with Crippen LogP contribution >= 0.6 is 0 Å². The molecule has 4 amide bonds. The van der Waals surface area contributed by atoms with Crippen molar-refractivity contribution in [3.05, 3.63) is 48.0 Å². The van der Waals surface area contributed by atoms with Crippen LogP contribution < -0.4 is 16.4 Å². The summed E-state index contributed by atoms with van der Waals surface area (Å²) in [4.78, 5) is 61.1. The third-order valence-electron chi connectivity index (χ3n) is 5.58. The van der Waals surface area contributed by atoms with Crippen molar-refractivity contribution in [3.8, 4) is 0 Å². The van der Waals surface area contributed by atoms with Gasteiger partial charge in [0.2, 0.25) is 11.8 Å². The first-order chi connectivity index (χ1) is 16.4. The molecule has 0 spiro atoms. The van der Waals surface area contributed by atoms with E-state index in [1.807, 2.05) is 30.3 Å². The zero-order valence-electron chi connectivity index (χ0n) is 19.4. The highest BCUT2D eigenvalue weighted by atomic mass is 16.2. The third-order valence-corrected chi connectivity index (χ3v) is 5.58. The quantitative estimate of drug-likeness (QED) is 0.187. The van der Waals surface area contributed by atoms with Gasteiger partial charge in [-0.3, -0.25) is 24.1 Å². The number of carbonyl (C=O) groups excluding carboxylic acids is 5. The van der Waals surface area contributed by atoms with Gasteiger partial charge in [-0.05, 0) is 44.2 Å². The molecule has 0 aliphatic carbocycles. The molecule has 1 aliphatic rings. The van der Waals surface area contributed by atoms with E-state index in [-0.39, 0.29) is 24.1 Å². The topological polar surface area (TPSA) is 139 Å². The Kier molecular flexibility index (Phi) is 11.7. The maximum atomic E-state index is 12.9. The fourth-order valence-electron chi connectivity index (χ4n) is 3.68. The van der Waals surface area contributed by atoms with Crippen LogP contribution in [0.15, 0.2) is 42.5 Å². The van der Waals surface area contributed by atoms with Crippen molar-refractivity contribution in [2.75, 3.05) is 13.1 Å². The van der Waals surface area contributed by atoms with Crippen molar-refractivity contribution < 1.29 is 24.0 Å². The maximum Gasteiger partial charge on any atom is 0.253 e. The molecule has 0 saturated carbocycles. The molecular formula is C25H34N4O5. The van der Waals surface area contributed by atoms with Gasteiger partial charge in [-0.25, -0.2) is 0 Å². The Morgan fingerprint density at radius 3 is 2.29 bits per heavy atom. The summed E-state index contributed by atoms with van der Waals surface area (Å²) < 4.78 is 0. The Hall–Kier alpha value is -3.33. The van der Waals surface area contributed by atoms with Gasteiger partial charge in [0.25, 0.3) is 11.8 Å². The fraction of sp³-hybridized carbons (Fsp3) is 0.480. The summed E-state index contributed by atoms with van der Waals surface area (Å²) in [6.45, 7) is 0.844. The predicted octanol–water partition coefficient (Wildman–Crippen LogP) is 1.01. The van der Waals surface area contributed by atoms with Gasteiger partial charge in [0.15, 0.2) is 0 Å². The number of unbranched alkanes of at least 4 members (excludes halogenated alkanes) is 3. The number of nitrogens with two attached hydrogens (primary N) is 1. The van der Waals surface area contributed by atoms with Gasteiger partial charge in [0, 0.05) is 31.5 Å². The van der Waals surface area contributed by atoms with E-state index in [4.69, 9.17) is 5.73 Å². The van der Waals surface area contributed by atoms with Crippen molar-refractivity contribution in [3.63, 3.8) is 0 Å². The zero-order chi connectivity index (χ0) is 24.8. The molecular weight excluding hydrogens is 436 g/mol. The molecule has 184 valence electrons. The highest BCUT2D eigenvalue weighted by molar-refractivity contribution is 6.12. The number of hydrogen-bond acceptors (Lipinski definition) is 6. The van der Waals surface area contributed by atoms with Gasteiger partial charge in [-0.1, -0.05) is 36.8 Å². The Bertz CT molecular complexity index is 853. The van der Waals surface area contributed by atoms with E-state index in [1.165, 1.54) is 17.1 Å². The first kappa shape index (κ1) is 26.9. The Balaban J connectivity index is 1.84. The van der Waals surface area contributed by atoms with Crippen LogP contribution in [0.3, 0.4) is 0 Å². The molecule has 2 rings (SSSR count). The number of aldehydes is 1. The van der Waals surface area contributed by atoms with Gasteiger partial charge < -0.3 is 21.2 Å². The second-order valence-corrected chi connectivity index (χ2v) is 8.32. The van der Waals surface area contributed by atoms with Crippen LogP contribution in [0.2, 0.25) is 0 Å². The number of nitrogens with zero attached hydrogens (tertiary/aromatic N) is 1. The van der Waals surface area contributed by atoms with Gasteiger partial charge in [0.05, 0.1) is 6.04 Å². The average Bonchev–Trinajstić information content (AvgIpc) is 3.15. The number of imide groups is 1. The average molecular weight is 471 g/mol. The zero-order valence-corrected chi connectivity index (χ0v) is 19.4. The summed E-state index contributed by atoms with van der Waals surface area (Å²) in [6, 6.07) is 7.91. The summed E-state index contributed by atoms with van der Waals surface area (Å²) in [6.07, 6.45) is 7.54. The highest BCUT2D eigenvalue weighted by Crippen LogP contribution is 2.09. The highest BCUT2D eigenvalue weighted by Gasteiger charge is 2.24. The van der Waals surface area contributed by atoms with Crippen LogP contribution in [0.5, 0.6) is 0 Å². The summed E-state index contributed by atoms with van der Waals surface area (Å²) >= 11 is 0. The number of benzene rings is 1. The molecule has 9 heteroatoms. The standard InChI is InChI=1S/C25H34N4O5/c26-15-7-6-11-20(18-30)27-25(34)21(17-19-9-3-1-4-10-19)28-22(31)12-5-2-8-16-29-23(32)13-14-24(29)33/h1,3-4,9-10,13-14,18,20-21H,2,5-8,11-12,15-17,26H2,(H,27,34)(H,28,31)/t20-,21-/m0/s1. The van der Waals surface area contributed by atoms with Crippen molar-refractivity contribution in [2.45, 2.75) is 63.5 Å². The van der Waals surface area contributed by atoms with E-state index in [1.54, 1.807) is 0 Å². The van der Waals surface area contributed by atoms with Crippen LogP contribution in [0.1, 0.15) is 50.5 Å². The van der Waals surface area contributed by atoms with Gasteiger partial charge in [-0.15, -0.1) is 0 Å². The van der Waals surface area contributed by atoms with Crippen molar-refractivity contribution in [1.82, 2.24) is 15.5 Å². The Morgan fingerprint density at radius 2 is 1.65 bits per heavy atom. The minimum absolute atomic E-state index is 0.215. The van der Waals surface area contributed by atoms with Gasteiger partial charge in [0.1, 0.15) is 12.3 Å². The van der Waals surface area contributed by atoms with Crippen LogP contribution in [0.25, 0.3) is 0 Å². The number of rotatable bonds is 16. The van der Waals surface area contributed by atoms with E-state index in [2.05, 4.69) is 10.6 Å². The molecule has 1 aromatic carbocycles. The molecule has 0 radical (unpaired) electrons. The lowest BCUT2D eigenvalue weighted by Crippen LogP contribution is -2.51. The van der Waals surface area contributed by atoms with E-state index in [0.717, 1.165) is 18.4 Å². The Labute approximate surface area is 200 Å². The van der Waals surface area contributed by atoms with Gasteiger partial charge >= 0.3 is 0 Å². The molecule has 0 unspecified atom stereocenters. The number of amides is 4. The molecule has 0 bridgehead atoms. The SMILES string of the molecule is NCCCC[C@@H](C=O)NC(=O)[C@H](Cc1ccccc1)NC(=O)CCCCCN1C(=O)C=CC1=O. The van der Waals surface area contributed by atoms with Crippen LogP contribution in [0.4, 0.5) is 0 Å². The van der Waals surface area contributed by atoms with Crippen LogP contribution in [-0.2, 0) is 30.4 Å². The lowest BCUT2D eigenvalue weighted by molar-refractivity contribution is -0.137. The number of hydrogen-bond donors (Lipinski definition) is 3. The minimum atomic E-state index is -0.808. The normalized spacial score (nSPS) is 14.7. The Morgan fingerprint density at radius 1 is 0.941 bits per heavy atom. The molecule has 34 heavy (non-hydrogen) atoms. The third kappa shape index (κ3) is 9.27. The molecule has 0 fully saturated rings. The second-order valence-electron chi connectivity index (χ2n) is 8.32. The van der Waals surface area contributed by atoms with E-state index in [0.29, 0.717) is 51.5 Å². The molecule has 9 nitrogen and oxygen atoms in total. The van der Waals surface area contributed by atoms with Crippen molar-refractivity contribution in [2.24, 2.45) is 5.73 Å². The molecule has 0 aromatic heterocycles. The van der Waals surface area contributed by atoms with E-state index >= 15 is 0 Å². The summed E-state index contributed by atoms with van der Waals surface area (Å²) in [5.74, 6) is -1.29. The monoisotopic (exact) mass is 470 g/mol. The molecule has 0 saturated heterocycles. The van der Waals surface area contributed by atoms with E-state index in [9.17, 15) is 24.0 Å². The minimum Gasteiger partial charge on any atom is -0.345 e. The lowest BCUT2D eigenvalue weighted by atomic mass is 10.0. The van der Waals surface area contributed by atoms with E-state index < -0.39 is 18.0 Å². The van der Waals surface area contributed by atoms with Crippen LogP contribution in [0, 0.1) is 0 Å². The van der Waals surface area contributed by atoms with Crippen LogP contribution in [-0.4, -0.2) is 60.0 Å². The predicted molar refractivity (Wildman–Crippen MR) is 127 cm³/mol. The first-order valence-electron chi connectivity index (χ1n) is 11.8. The fourth-order valence-corrected chi connectivity index (χ4v) is 3.68. The van der Waals surface area contributed by atoms with Crippen molar-refractivity contribution in [1.29, 1.82) is 0 Å². The second kappa shape index (κ2) is 14.7. The molecule has 2 atom stereocenters. The largest absolute Gasteiger partial charge is 0.345 e. The number of carbonyl (C=O) groups is 5. The van der Waals surface area contributed by atoms with Crippen molar-refractivity contribution >= 4 is 29.9 Å². The summed E-state index contributed by atoms with van der Waals surface area (Å²) in [7, 11) is 0. The maximum absolute atomic E-state index is 12.9.